The zero-order valence-electron chi connectivity index (χ0n) is 30.4. The SMILES string of the molecule is COc1ccc2c(c1C1CCN(CC3CCC(n4cc5cc(NC(=O)c6cccc(C)n6)ncc5n4)CC3)CC1)n(C)c(=O)n2C1CCC(=O)NC1=O. The van der Waals surface area contributed by atoms with Crippen molar-refractivity contribution in [2.75, 3.05) is 32.1 Å². The molecule has 14 nitrogen and oxygen atoms in total. The number of benzene rings is 1. The molecule has 14 heteroatoms. The van der Waals surface area contributed by atoms with Crippen LogP contribution in [0.3, 0.4) is 0 Å². The highest BCUT2D eigenvalue weighted by Crippen LogP contribution is 2.41. The van der Waals surface area contributed by atoms with Gasteiger partial charge in [-0.05, 0) is 107 Å². The summed E-state index contributed by atoms with van der Waals surface area (Å²) in [5.74, 6) is 1.03. The Balaban J connectivity index is 0.887. The maximum Gasteiger partial charge on any atom is 0.329 e. The van der Waals surface area contributed by atoms with E-state index in [9.17, 15) is 19.2 Å². The molecule has 53 heavy (non-hydrogen) atoms. The molecule has 1 atom stereocenters. The molecule has 1 aliphatic carbocycles. The average molecular weight is 720 g/mol. The summed E-state index contributed by atoms with van der Waals surface area (Å²) < 4.78 is 11.1. The monoisotopic (exact) mass is 719 g/mol. The molecule has 2 N–H and O–H groups in total. The number of piperidine rings is 2. The second-order valence-corrected chi connectivity index (χ2v) is 14.8. The minimum Gasteiger partial charge on any atom is -0.496 e. The molecule has 2 aliphatic heterocycles. The van der Waals surface area contributed by atoms with E-state index in [1.807, 2.05) is 37.3 Å². The fourth-order valence-corrected chi connectivity index (χ4v) is 8.70. The highest BCUT2D eigenvalue weighted by molar-refractivity contribution is 6.03. The summed E-state index contributed by atoms with van der Waals surface area (Å²) in [6, 6.07) is 10.6. The summed E-state index contributed by atoms with van der Waals surface area (Å²) in [5, 5.41) is 11.0. The van der Waals surface area contributed by atoms with Gasteiger partial charge in [-0.3, -0.25) is 33.5 Å². The molecule has 276 valence electrons. The molecular formula is C39H45N9O5. The van der Waals surface area contributed by atoms with E-state index < -0.39 is 11.9 Å². The molecule has 5 aromatic rings. The highest BCUT2D eigenvalue weighted by atomic mass is 16.5. The molecular weight excluding hydrogens is 674 g/mol. The maximum atomic E-state index is 13.6. The minimum absolute atomic E-state index is 0.206. The fraction of sp³-hybridized carbons (Fsp3) is 0.462. The van der Waals surface area contributed by atoms with Crippen LogP contribution < -0.4 is 21.1 Å². The van der Waals surface area contributed by atoms with Crippen LogP contribution in [0.2, 0.25) is 0 Å². The molecule has 6 heterocycles. The first-order valence-corrected chi connectivity index (χ1v) is 18.6. The van der Waals surface area contributed by atoms with Gasteiger partial charge < -0.3 is 15.0 Å². The fourth-order valence-electron chi connectivity index (χ4n) is 8.70. The maximum absolute atomic E-state index is 13.6. The van der Waals surface area contributed by atoms with Gasteiger partial charge in [0.2, 0.25) is 11.8 Å². The van der Waals surface area contributed by atoms with Gasteiger partial charge in [0.15, 0.2) is 0 Å². The number of pyridine rings is 2. The lowest BCUT2D eigenvalue weighted by molar-refractivity contribution is -0.135. The minimum atomic E-state index is -0.721. The van der Waals surface area contributed by atoms with Crippen molar-refractivity contribution >= 4 is 45.5 Å². The van der Waals surface area contributed by atoms with Gasteiger partial charge in [0.05, 0.1) is 30.4 Å². The van der Waals surface area contributed by atoms with E-state index in [2.05, 4.69) is 36.4 Å². The van der Waals surface area contributed by atoms with Gasteiger partial charge in [-0.15, -0.1) is 0 Å². The number of carbonyl (C=O) groups excluding carboxylic acids is 3. The molecule has 3 aliphatic rings. The lowest BCUT2D eigenvalue weighted by atomic mass is 9.84. The summed E-state index contributed by atoms with van der Waals surface area (Å²) in [4.78, 5) is 62.2. The third-order valence-electron chi connectivity index (χ3n) is 11.5. The zero-order chi connectivity index (χ0) is 36.8. The summed E-state index contributed by atoms with van der Waals surface area (Å²) >= 11 is 0. The number of nitrogens with one attached hydrogen (secondary N) is 2. The number of imide groups is 1. The van der Waals surface area contributed by atoms with Crippen molar-refractivity contribution in [2.24, 2.45) is 13.0 Å². The number of imidazole rings is 1. The Bertz CT molecular complexity index is 2270. The van der Waals surface area contributed by atoms with Gasteiger partial charge in [0.1, 0.15) is 28.8 Å². The second kappa shape index (κ2) is 14.2. The predicted octanol–water partition coefficient (Wildman–Crippen LogP) is 4.64. The van der Waals surface area contributed by atoms with Gasteiger partial charge in [-0.1, -0.05) is 6.07 Å². The number of carbonyl (C=O) groups is 3. The molecule has 2 saturated heterocycles. The molecule has 0 spiro atoms. The number of hydrogen-bond acceptors (Lipinski definition) is 9. The highest BCUT2D eigenvalue weighted by Gasteiger charge is 2.34. The number of nitrogens with zero attached hydrogens (tertiary/aromatic N) is 7. The predicted molar refractivity (Wildman–Crippen MR) is 199 cm³/mol. The number of rotatable bonds is 8. The van der Waals surface area contributed by atoms with Crippen molar-refractivity contribution in [2.45, 2.75) is 76.3 Å². The number of amides is 3. The van der Waals surface area contributed by atoms with Crippen LogP contribution in [0.25, 0.3) is 21.9 Å². The van der Waals surface area contributed by atoms with Crippen molar-refractivity contribution in [3.8, 4) is 5.75 Å². The average Bonchev–Trinajstić information content (AvgIpc) is 3.69. The van der Waals surface area contributed by atoms with Gasteiger partial charge >= 0.3 is 5.69 Å². The van der Waals surface area contributed by atoms with E-state index in [1.54, 1.807) is 35.6 Å². The van der Waals surface area contributed by atoms with Gasteiger partial charge in [0, 0.05) is 42.9 Å². The standard InChI is InChI=1S/C39H45N9O5/c1-23-5-4-6-28(41-23)37(50)42-33-19-26-22-47(44-29(26)20-40-33)27-9-7-24(8-10-27)21-46-17-15-25(16-18-46)35-32(53-3)13-11-30-36(35)45(2)39(52)48(30)31-12-14-34(49)43-38(31)51/h4-6,11,13,19-20,22,24-25,27,31H,7-10,12,14-18,21H2,1-3H3,(H,42,50)(H,43,49,51). The summed E-state index contributed by atoms with van der Waals surface area (Å²) in [6.45, 7) is 4.84. The van der Waals surface area contributed by atoms with Gasteiger partial charge in [-0.25, -0.2) is 14.8 Å². The summed E-state index contributed by atoms with van der Waals surface area (Å²) in [6.07, 6.45) is 10.6. The van der Waals surface area contributed by atoms with Crippen molar-refractivity contribution in [1.82, 2.24) is 39.1 Å². The van der Waals surface area contributed by atoms with E-state index >= 15 is 0 Å². The number of hydrogen-bond donors (Lipinski definition) is 2. The third kappa shape index (κ3) is 6.71. The van der Waals surface area contributed by atoms with Crippen LogP contribution in [0, 0.1) is 12.8 Å². The van der Waals surface area contributed by atoms with Crippen LogP contribution in [0.1, 0.15) is 91.1 Å². The normalized spacial score (nSPS) is 21.6. The molecule has 0 bridgehead atoms. The Morgan fingerprint density at radius 2 is 1.81 bits per heavy atom. The quantitative estimate of drug-likeness (QED) is 0.218. The van der Waals surface area contributed by atoms with Crippen molar-refractivity contribution in [1.29, 1.82) is 0 Å². The molecule has 3 amide bonds. The Kier molecular flexibility index (Phi) is 9.31. The number of likely N-dealkylation sites (tertiary alicyclic amines) is 1. The Morgan fingerprint density at radius 3 is 2.55 bits per heavy atom. The van der Waals surface area contributed by atoms with E-state index in [4.69, 9.17) is 9.84 Å². The van der Waals surface area contributed by atoms with Crippen LogP contribution in [0.15, 0.2) is 53.6 Å². The van der Waals surface area contributed by atoms with Crippen molar-refractivity contribution in [3.63, 3.8) is 0 Å². The number of aromatic nitrogens is 6. The Hall–Kier alpha value is -5.37. The molecule has 1 unspecified atom stereocenters. The van der Waals surface area contributed by atoms with Crippen LogP contribution >= 0.6 is 0 Å². The number of aryl methyl sites for hydroxylation is 2. The Labute approximate surface area is 306 Å². The van der Waals surface area contributed by atoms with Gasteiger partial charge in [0.25, 0.3) is 5.91 Å². The molecule has 1 saturated carbocycles. The number of methoxy groups -OCH3 is 1. The van der Waals surface area contributed by atoms with E-state index in [0.29, 0.717) is 35.4 Å². The smallest absolute Gasteiger partial charge is 0.329 e. The first kappa shape index (κ1) is 34.7. The number of ether oxygens (including phenoxy) is 1. The third-order valence-corrected chi connectivity index (χ3v) is 11.5. The largest absolute Gasteiger partial charge is 0.496 e. The lowest BCUT2D eigenvalue weighted by Gasteiger charge is -2.37. The Morgan fingerprint density at radius 1 is 1.02 bits per heavy atom. The van der Waals surface area contributed by atoms with Crippen LogP contribution in [-0.4, -0.2) is 78.2 Å². The summed E-state index contributed by atoms with van der Waals surface area (Å²) in [7, 11) is 3.42. The molecule has 1 aromatic carbocycles. The van der Waals surface area contributed by atoms with Gasteiger partial charge in [-0.2, -0.15) is 5.10 Å². The van der Waals surface area contributed by atoms with Crippen molar-refractivity contribution < 1.29 is 19.1 Å². The lowest BCUT2D eigenvalue weighted by Crippen LogP contribution is -2.44. The van der Waals surface area contributed by atoms with E-state index in [-0.39, 0.29) is 29.8 Å². The van der Waals surface area contributed by atoms with Crippen molar-refractivity contribution in [3.05, 3.63) is 76.2 Å². The topological polar surface area (TPSA) is 158 Å². The first-order chi connectivity index (χ1) is 25.7. The van der Waals surface area contributed by atoms with Crippen LogP contribution in [-0.2, 0) is 16.6 Å². The first-order valence-electron chi connectivity index (χ1n) is 18.6. The summed E-state index contributed by atoms with van der Waals surface area (Å²) in [5.41, 5.74) is 4.21. The number of anilines is 1. The molecule has 3 fully saturated rings. The molecule has 8 rings (SSSR count). The van der Waals surface area contributed by atoms with E-state index in [1.165, 1.54) is 0 Å². The number of fused-ring (bicyclic) bond motifs is 2. The van der Waals surface area contributed by atoms with Crippen LogP contribution in [0.4, 0.5) is 5.82 Å². The zero-order valence-corrected chi connectivity index (χ0v) is 30.4. The van der Waals surface area contributed by atoms with Crippen LogP contribution in [0.5, 0.6) is 5.75 Å². The molecule has 0 radical (unpaired) electrons. The second-order valence-electron chi connectivity index (χ2n) is 14.8. The van der Waals surface area contributed by atoms with E-state index in [0.717, 1.165) is 91.6 Å². The molecule has 4 aromatic heterocycles.